The van der Waals surface area contributed by atoms with Crippen LogP contribution in [0.25, 0.3) is 0 Å². The number of carbonyl (C=O) groups excluding carboxylic acids is 1. The minimum Gasteiger partial charge on any atom is -0.870 e. The van der Waals surface area contributed by atoms with Crippen LogP contribution in [0.2, 0.25) is 0 Å². The molecule has 16 rings (SSSR count). The molecule has 19 nitrogen and oxygen atoms in total. The number of hydrogen-bond acceptors (Lipinski definition) is 18. The monoisotopic (exact) mass is 1380 g/mol. The minimum atomic E-state index is -2.65. The summed E-state index contributed by atoms with van der Waals surface area (Å²) in [6.45, 7) is 0. The van der Waals surface area contributed by atoms with Gasteiger partial charge in [0, 0.05) is 59.0 Å². The van der Waals surface area contributed by atoms with Crippen LogP contribution in [0.15, 0.2) is 201 Å². The Kier molecular flexibility index (Phi) is 19.0. The third-order valence-electron chi connectivity index (χ3n) is 20.9. The molecule has 7 heterocycles. The van der Waals surface area contributed by atoms with E-state index in [2.05, 4.69) is 20.3 Å². The van der Waals surface area contributed by atoms with Crippen LogP contribution in [0, 0.1) is 5.92 Å². The molecule has 100 heavy (non-hydrogen) atoms. The fraction of sp³-hybridized carbons (Fsp3) is 0.297. The molecule has 15 atom stereocenters. The number of aliphatic hydroxyl groups is 5. The van der Waals surface area contributed by atoms with E-state index in [1.807, 2.05) is 91.0 Å². The molecule has 514 valence electrons. The van der Waals surface area contributed by atoms with Gasteiger partial charge in [-0.1, -0.05) is 164 Å². The maximum absolute atomic E-state index is 13.4. The molecule has 3 aliphatic carbocycles. The predicted molar refractivity (Wildman–Crippen MR) is 343 cm³/mol. The molecular formula is C74H67F6N6NaO13. The number of halogens is 6. The second-order valence-corrected chi connectivity index (χ2v) is 25.3. The second kappa shape index (κ2) is 26.7. The minimum absolute atomic E-state index is 0. The molecule has 0 unspecified atom stereocenters. The van der Waals surface area contributed by atoms with Crippen LogP contribution in [0.1, 0.15) is 110 Å². The Bertz CT molecular complexity index is 4280. The van der Waals surface area contributed by atoms with Gasteiger partial charge in [0.25, 0.3) is 19.3 Å². The van der Waals surface area contributed by atoms with Crippen LogP contribution < -0.4 is 74.8 Å². The number of nitrogens with one attached hydrogen (secondary N) is 1. The van der Waals surface area contributed by atoms with Gasteiger partial charge < -0.3 is 76.2 Å². The van der Waals surface area contributed by atoms with Gasteiger partial charge in [0.2, 0.25) is 5.91 Å². The Labute approximate surface area is 591 Å². The Morgan fingerprint density at radius 2 is 0.750 bits per heavy atom. The van der Waals surface area contributed by atoms with Crippen molar-refractivity contribution in [3.05, 3.63) is 268 Å². The van der Waals surface area contributed by atoms with Crippen LogP contribution in [0.4, 0.5) is 26.3 Å². The number of nitrogens with zero attached hydrogens (tertiary/aromatic N) is 3. The zero-order valence-electron chi connectivity index (χ0n) is 54.0. The van der Waals surface area contributed by atoms with Gasteiger partial charge in [0.05, 0.1) is 81.1 Å². The summed E-state index contributed by atoms with van der Waals surface area (Å²) in [6.07, 6.45) is -1.97. The standard InChI is InChI=1S/C26H22F2N2O4.2C24H22F2N2O4.Na.H2O/c1-33-18-12-29-13-19-22(18)25(32)17-11-20(31)30-23(17)21(14-5-3-2-4-6-14)26(25,34-19)16-9-7-15(8-10-16)24(27)28;2*1-31-16-11-28-12-17-19(16)23(30)21(29)20(27)18(13-5-3-2-4-6-13)24(23,32-17)15-9-7-14(8-10-15)22(25)26;;/h2-10,12-13,17,21,23-24,32H,11H2,1H3,(H,30,31);2*2-12,18,20-22,29-30H,27H2,1H3;;1H2/q;;;+1;/p-1/t17-,21-,23+,25-,26+;2*18-,20-,21-,23+,24+;;/m111../s1. The molecule has 1 amide bonds. The number of alkyl halides is 6. The first-order valence-electron chi connectivity index (χ1n) is 31.4. The fourth-order valence-electron chi connectivity index (χ4n) is 17.0. The van der Waals surface area contributed by atoms with Gasteiger partial charge in [-0.05, 0) is 33.4 Å². The van der Waals surface area contributed by atoms with E-state index in [4.69, 9.17) is 39.9 Å². The largest absolute Gasteiger partial charge is 1.00 e. The van der Waals surface area contributed by atoms with Crippen molar-refractivity contribution in [3.63, 3.8) is 0 Å². The van der Waals surface area contributed by atoms with E-state index >= 15 is 0 Å². The number of aromatic nitrogens is 3. The molecule has 3 aromatic heterocycles. The number of pyridine rings is 3. The van der Waals surface area contributed by atoms with Crippen LogP contribution in [0.5, 0.6) is 34.5 Å². The van der Waals surface area contributed by atoms with E-state index in [9.17, 15) is 56.7 Å². The third-order valence-corrected chi connectivity index (χ3v) is 20.9. The summed E-state index contributed by atoms with van der Waals surface area (Å²) in [7, 11) is 4.33. The van der Waals surface area contributed by atoms with Gasteiger partial charge in [-0.25, -0.2) is 26.3 Å². The van der Waals surface area contributed by atoms with Crippen LogP contribution in [-0.2, 0) is 38.4 Å². The first kappa shape index (κ1) is 71.1. The number of rotatable bonds is 12. The summed E-state index contributed by atoms with van der Waals surface area (Å²) in [5.41, 5.74) is 6.77. The molecule has 1 saturated heterocycles. The molecule has 9 aromatic rings. The molecule has 0 spiro atoms. The summed E-state index contributed by atoms with van der Waals surface area (Å²) in [5, 5.41) is 62.9. The number of ether oxygens (including phenoxy) is 6. The van der Waals surface area contributed by atoms with Gasteiger partial charge in [0.1, 0.15) is 52.3 Å². The molecule has 3 saturated carbocycles. The van der Waals surface area contributed by atoms with E-state index in [1.165, 1.54) is 119 Å². The average Bonchev–Trinajstić information content (AvgIpc) is 1.51. The maximum Gasteiger partial charge on any atom is 1.00 e. The Balaban J connectivity index is 0.000000141. The zero-order valence-corrected chi connectivity index (χ0v) is 56.0. The van der Waals surface area contributed by atoms with Crippen molar-refractivity contribution >= 4 is 5.91 Å². The van der Waals surface area contributed by atoms with Gasteiger partial charge in [0.15, 0.2) is 28.0 Å². The number of fused-ring (bicyclic) bond motifs is 11. The SMILES string of the molecule is COc1cncc2c1[C@]1(O)[C@@H]3CC(=O)N[C@@H]3[C@@H](c3ccccc3)[C@]1(c1ccc(C(F)F)cc1)O2.COc1cncc2c1[C@]1(O)[C@H](O)[C@H](N)[C@@H](c3ccccc3)[C@]1(c1ccc(C(F)F)cc1)O2.COc1cncc2c1[C@]1(O)[C@H](O)[C@H](N)[C@@H](c3ccccc3)[C@]1(c1ccc(C(F)F)cc1)O2.[Na+].[OH-]. The van der Waals surface area contributed by atoms with E-state index in [1.54, 1.807) is 12.1 Å². The van der Waals surface area contributed by atoms with Crippen LogP contribution >= 0.6 is 0 Å². The first-order chi connectivity index (χ1) is 47.1. The van der Waals surface area contributed by atoms with Gasteiger partial charge in [-0.3, -0.25) is 19.7 Å². The molecule has 11 N–H and O–H groups in total. The Morgan fingerprint density at radius 1 is 0.460 bits per heavy atom. The molecule has 4 aliphatic heterocycles. The predicted octanol–water partition coefficient (Wildman–Crippen LogP) is 6.61. The topological polar surface area (TPSA) is 306 Å². The van der Waals surface area contributed by atoms with E-state index < -0.39 is 107 Å². The zero-order chi connectivity index (χ0) is 69.0. The van der Waals surface area contributed by atoms with Crippen molar-refractivity contribution in [2.75, 3.05) is 21.3 Å². The van der Waals surface area contributed by atoms with Crippen molar-refractivity contribution < 1.29 is 120 Å². The van der Waals surface area contributed by atoms with Gasteiger partial charge in [-0.15, -0.1) is 0 Å². The summed E-state index contributed by atoms with van der Waals surface area (Å²) in [5.74, 6) is -1.01. The molecule has 7 aliphatic rings. The van der Waals surface area contributed by atoms with E-state index in [0.29, 0.717) is 33.8 Å². The normalized spacial score (nSPS) is 30.1. The van der Waals surface area contributed by atoms with Crippen molar-refractivity contribution in [2.45, 2.75) is 107 Å². The molecular weight excluding hydrogens is 1320 g/mol. The average molecular weight is 1390 g/mol. The van der Waals surface area contributed by atoms with Crippen LogP contribution in [0.3, 0.4) is 0 Å². The maximum atomic E-state index is 13.4. The quantitative estimate of drug-likeness (QED) is 0.0471. The number of carbonyl (C=O) groups is 1. The third kappa shape index (κ3) is 10.0. The number of nitrogens with two attached hydrogens (primary N) is 2. The van der Waals surface area contributed by atoms with E-state index in [0.717, 1.165) is 16.7 Å². The van der Waals surface area contributed by atoms with Crippen LogP contribution in [-0.4, -0.2) is 104 Å². The number of aliphatic hydroxyl groups excluding tert-OH is 2. The number of amides is 1. The molecule has 6 aromatic carbocycles. The summed E-state index contributed by atoms with van der Waals surface area (Å²) in [4.78, 5) is 25.0. The number of benzene rings is 6. The smallest absolute Gasteiger partial charge is 0.870 e. The summed E-state index contributed by atoms with van der Waals surface area (Å²) >= 11 is 0. The van der Waals surface area contributed by atoms with Crippen molar-refractivity contribution in [2.24, 2.45) is 17.4 Å². The Hall–Kier alpha value is -8.70. The van der Waals surface area contributed by atoms with Crippen molar-refractivity contribution in [3.8, 4) is 34.5 Å². The van der Waals surface area contributed by atoms with Crippen molar-refractivity contribution in [1.82, 2.24) is 20.3 Å². The van der Waals surface area contributed by atoms with Crippen molar-refractivity contribution in [1.29, 1.82) is 0 Å². The summed E-state index contributed by atoms with van der Waals surface area (Å²) in [6, 6.07) is 42.5. The first-order valence-corrected chi connectivity index (χ1v) is 31.4. The van der Waals surface area contributed by atoms with Gasteiger partial charge >= 0.3 is 29.6 Å². The number of hydrogen-bond donors (Lipinski definition) is 8. The van der Waals surface area contributed by atoms with E-state index in [-0.39, 0.29) is 98.2 Å². The molecule has 4 fully saturated rings. The molecule has 0 radical (unpaired) electrons. The number of methoxy groups -OCH3 is 3. The van der Waals surface area contributed by atoms with Gasteiger partial charge in [-0.2, -0.15) is 0 Å². The fourth-order valence-corrected chi connectivity index (χ4v) is 17.0. The molecule has 0 bridgehead atoms. The second-order valence-electron chi connectivity index (χ2n) is 25.3. The Morgan fingerprint density at radius 3 is 1.05 bits per heavy atom. The summed E-state index contributed by atoms with van der Waals surface area (Å²) < 4.78 is 116. The molecule has 26 heteroatoms.